The molecule has 0 unspecified atom stereocenters. The van der Waals surface area contributed by atoms with Crippen LogP contribution >= 0.6 is 11.6 Å². The summed E-state index contributed by atoms with van der Waals surface area (Å²) in [4.78, 5) is 43.5. The summed E-state index contributed by atoms with van der Waals surface area (Å²) >= 11 is 6.03. The van der Waals surface area contributed by atoms with Crippen molar-refractivity contribution in [2.24, 2.45) is 0 Å². The zero-order chi connectivity index (χ0) is 23.5. The number of aryl methyl sites for hydroxylation is 1. The number of rotatable bonds is 6. The summed E-state index contributed by atoms with van der Waals surface area (Å²) < 4.78 is 11.1. The quantitative estimate of drug-likeness (QED) is 0.602. The molecule has 2 aromatic carbocycles. The van der Waals surface area contributed by atoms with Crippen LogP contribution in [0.15, 0.2) is 36.4 Å². The number of halogens is 1. The molecule has 0 saturated carbocycles. The summed E-state index contributed by atoms with van der Waals surface area (Å²) in [5, 5.41) is 0.624. The number of ketones is 1. The Morgan fingerprint density at radius 1 is 1.09 bits per heavy atom. The Bertz CT molecular complexity index is 1080. The number of ether oxygens (including phenoxy) is 2. The summed E-state index contributed by atoms with van der Waals surface area (Å²) in [7, 11) is 2.01. The third-order valence-electron chi connectivity index (χ3n) is 5.87. The molecule has 0 atom stereocenters. The highest BCUT2D eigenvalue weighted by Gasteiger charge is 2.30. The van der Waals surface area contributed by atoms with Gasteiger partial charge in [0.1, 0.15) is 18.0 Å². The van der Waals surface area contributed by atoms with E-state index in [9.17, 15) is 14.4 Å². The molecule has 0 radical (unpaired) electrons. The molecule has 2 aliphatic rings. The molecule has 0 N–H and O–H groups in total. The fourth-order valence-corrected chi connectivity index (χ4v) is 3.90. The molecule has 4 rings (SSSR count). The predicted octanol–water partition coefficient (Wildman–Crippen LogP) is 2.41. The van der Waals surface area contributed by atoms with E-state index in [4.69, 9.17) is 21.1 Å². The maximum Gasteiger partial charge on any atom is 0.265 e. The van der Waals surface area contributed by atoms with Crippen molar-refractivity contribution in [1.82, 2.24) is 9.80 Å². The second kappa shape index (κ2) is 9.80. The molecule has 8 nitrogen and oxygen atoms in total. The number of hydrogen-bond donors (Lipinski definition) is 0. The van der Waals surface area contributed by atoms with Crippen molar-refractivity contribution < 1.29 is 23.9 Å². The highest BCUT2D eigenvalue weighted by Crippen LogP contribution is 2.33. The standard InChI is InChI=1S/C24H26ClN3O5/c1-16-11-18(4-5-19(16)25)32-14-21(29)17-3-6-22-20(12-17)28(24(31)15-33-22)13-23(30)27-9-7-26(2)8-10-27/h3-6,11-12H,7-10,13-15H2,1-2H3. The van der Waals surface area contributed by atoms with Crippen LogP contribution in [0.5, 0.6) is 11.5 Å². The summed E-state index contributed by atoms with van der Waals surface area (Å²) in [5.74, 6) is 0.311. The monoisotopic (exact) mass is 471 g/mol. The molecule has 2 heterocycles. The molecule has 0 spiro atoms. The van der Waals surface area contributed by atoms with Crippen LogP contribution in [0.3, 0.4) is 0 Å². The largest absolute Gasteiger partial charge is 0.485 e. The van der Waals surface area contributed by atoms with Gasteiger partial charge >= 0.3 is 0 Å². The third kappa shape index (κ3) is 5.29. The van der Waals surface area contributed by atoms with Crippen molar-refractivity contribution in [3.8, 4) is 11.5 Å². The van der Waals surface area contributed by atoms with Crippen LogP contribution in [0.25, 0.3) is 0 Å². The molecule has 1 fully saturated rings. The predicted molar refractivity (Wildman–Crippen MR) is 124 cm³/mol. The van der Waals surface area contributed by atoms with Gasteiger partial charge in [0, 0.05) is 36.8 Å². The van der Waals surface area contributed by atoms with Crippen molar-refractivity contribution >= 4 is 34.9 Å². The number of nitrogens with zero attached hydrogens (tertiary/aromatic N) is 3. The Labute approximate surface area is 197 Å². The summed E-state index contributed by atoms with van der Waals surface area (Å²) in [6.45, 7) is 4.30. The smallest absolute Gasteiger partial charge is 0.265 e. The highest BCUT2D eigenvalue weighted by atomic mass is 35.5. The summed E-state index contributed by atoms with van der Waals surface area (Å²) in [6.07, 6.45) is 0. The van der Waals surface area contributed by atoms with Gasteiger partial charge in [-0.1, -0.05) is 11.6 Å². The molecular formula is C24H26ClN3O5. The van der Waals surface area contributed by atoms with Crippen LogP contribution in [0.1, 0.15) is 15.9 Å². The maximum absolute atomic E-state index is 12.8. The Kier molecular flexibility index (Phi) is 6.85. The minimum atomic E-state index is -0.317. The average molecular weight is 472 g/mol. The number of benzene rings is 2. The minimum Gasteiger partial charge on any atom is -0.485 e. The Morgan fingerprint density at radius 2 is 1.85 bits per heavy atom. The van der Waals surface area contributed by atoms with Crippen molar-refractivity contribution in [2.75, 3.05) is 57.9 Å². The first-order valence-corrected chi connectivity index (χ1v) is 11.2. The van der Waals surface area contributed by atoms with E-state index >= 15 is 0 Å². The Hall–Kier alpha value is -3.10. The van der Waals surface area contributed by atoms with Gasteiger partial charge in [-0.2, -0.15) is 0 Å². The molecule has 2 aliphatic heterocycles. The number of likely N-dealkylation sites (N-methyl/N-ethyl adjacent to an activating group) is 1. The fourth-order valence-electron chi connectivity index (χ4n) is 3.78. The van der Waals surface area contributed by atoms with Gasteiger partial charge in [-0.3, -0.25) is 19.3 Å². The van der Waals surface area contributed by atoms with Gasteiger partial charge in [-0.15, -0.1) is 0 Å². The molecule has 2 amide bonds. The number of Topliss-reactive ketones (excluding diaryl/α,β-unsaturated/α-hetero) is 1. The van der Waals surface area contributed by atoms with E-state index in [1.54, 1.807) is 41.3 Å². The van der Waals surface area contributed by atoms with E-state index in [0.29, 0.717) is 40.9 Å². The molecule has 0 bridgehead atoms. The SMILES string of the molecule is Cc1cc(OCC(=O)c2ccc3c(c2)N(CC(=O)N2CCN(C)CC2)C(=O)CO3)ccc1Cl. The number of amides is 2. The molecule has 9 heteroatoms. The van der Waals surface area contributed by atoms with E-state index in [1.165, 1.54) is 4.90 Å². The number of anilines is 1. The molecule has 33 heavy (non-hydrogen) atoms. The van der Waals surface area contributed by atoms with E-state index in [1.807, 2.05) is 14.0 Å². The number of fused-ring (bicyclic) bond motifs is 1. The van der Waals surface area contributed by atoms with Crippen molar-refractivity contribution in [2.45, 2.75) is 6.92 Å². The maximum atomic E-state index is 12.8. The van der Waals surface area contributed by atoms with Crippen molar-refractivity contribution in [3.63, 3.8) is 0 Å². The molecule has 174 valence electrons. The first kappa shape index (κ1) is 23.1. The van der Waals surface area contributed by atoms with Crippen LogP contribution in [-0.2, 0) is 9.59 Å². The second-order valence-corrected chi connectivity index (χ2v) is 8.67. The van der Waals surface area contributed by atoms with Gasteiger partial charge in [0.25, 0.3) is 5.91 Å². The molecule has 1 saturated heterocycles. The number of piperazine rings is 1. The van der Waals surface area contributed by atoms with Gasteiger partial charge in [0.05, 0.1) is 5.69 Å². The lowest BCUT2D eigenvalue weighted by Gasteiger charge is -2.35. The van der Waals surface area contributed by atoms with Gasteiger partial charge in [0.15, 0.2) is 19.0 Å². The van der Waals surface area contributed by atoms with Crippen LogP contribution in [0, 0.1) is 6.92 Å². The minimum absolute atomic E-state index is 0.0862. The number of carbonyl (C=O) groups excluding carboxylic acids is 3. The van der Waals surface area contributed by atoms with E-state index in [-0.39, 0.29) is 37.4 Å². The zero-order valence-corrected chi connectivity index (χ0v) is 19.4. The topological polar surface area (TPSA) is 79.4 Å². The Balaban J connectivity index is 1.47. The summed E-state index contributed by atoms with van der Waals surface area (Å²) in [5.41, 5.74) is 1.64. The molecular weight excluding hydrogens is 446 g/mol. The van der Waals surface area contributed by atoms with Gasteiger partial charge in [0.2, 0.25) is 5.91 Å². The highest BCUT2D eigenvalue weighted by molar-refractivity contribution is 6.31. The first-order valence-electron chi connectivity index (χ1n) is 10.8. The lowest BCUT2D eigenvalue weighted by molar-refractivity contribution is -0.133. The zero-order valence-electron chi connectivity index (χ0n) is 18.7. The van der Waals surface area contributed by atoms with Crippen molar-refractivity contribution in [1.29, 1.82) is 0 Å². The number of carbonyl (C=O) groups is 3. The van der Waals surface area contributed by atoms with Crippen LogP contribution in [0.2, 0.25) is 5.02 Å². The second-order valence-electron chi connectivity index (χ2n) is 8.26. The lowest BCUT2D eigenvalue weighted by Crippen LogP contribution is -2.52. The molecule has 0 aromatic heterocycles. The van der Waals surface area contributed by atoms with E-state index < -0.39 is 0 Å². The normalized spacial score (nSPS) is 16.3. The number of hydrogen-bond acceptors (Lipinski definition) is 6. The first-order chi connectivity index (χ1) is 15.8. The van der Waals surface area contributed by atoms with Gasteiger partial charge in [-0.05, 0) is 55.9 Å². The van der Waals surface area contributed by atoms with Crippen LogP contribution in [-0.4, -0.2) is 80.4 Å². The Morgan fingerprint density at radius 3 is 2.58 bits per heavy atom. The van der Waals surface area contributed by atoms with Gasteiger partial charge in [-0.25, -0.2) is 0 Å². The van der Waals surface area contributed by atoms with Crippen molar-refractivity contribution in [3.05, 3.63) is 52.5 Å². The molecule has 2 aromatic rings. The summed E-state index contributed by atoms with van der Waals surface area (Å²) in [6, 6.07) is 10.0. The molecule has 0 aliphatic carbocycles. The van der Waals surface area contributed by atoms with E-state index in [0.717, 1.165) is 18.7 Å². The third-order valence-corrected chi connectivity index (χ3v) is 6.30. The van der Waals surface area contributed by atoms with Crippen LogP contribution < -0.4 is 14.4 Å². The van der Waals surface area contributed by atoms with Crippen LogP contribution in [0.4, 0.5) is 5.69 Å². The average Bonchev–Trinajstić information content (AvgIpc) is 2.81. The fraction of sp³-hybridized carbons (Fsp3) is 0.375. The lowest BCUT2D eigenvalue weighted by atomic mass is 10.1. The van der Waals surface area contributed by atoms with E-state index in [2.05, 4.69) is 4.90 Å². The van der Waals surface area contributed by atoms with Gasteiger partial charge < -0.3 is 19.3 Å².